The van der Waals surface area contributed by atoms with Gasteiger partial charge >= 0.3 is 0 Å². The number of nitrogens with zero attached hydrogens (tertiary/aromatic N) is 2. The van der Waals surface area contributed by atoms with Crippen LogP contribution in [0.15, 0.2) is 35.4 Å². The van der Waals surface area contributed by atoms with Gasteiger partial charge in [0.05, 0.1) is 23.0 Å². The van der Waals surface area contributed by atoms with E-state index in [2.05, 4.69) is 55.5 Å². The van der Waals surface area contributed by atoms with Crippen LogP contribution in [0.4, 0.5) is 0 Å². The summed E-state index contributed by atoms with van der Waals surface area (Å²) in [5.41, 5.74) is 2.35. The van der Waals surface area contributed by atoms with E-state index < -0.39 is 0 Å². The Balaban J connectivity index is 2.13. The molecule has 1 atom stereocenters. The summed E-state index contributed by atoms with van der Waals surface area (Å²) in [6.45, 7) is 6.34. The second-order valence-electron chi connectivity index (χ2n) is 5.38. The maximum atomic E-state index is 6.33. The Hall–Kier alpha value is -0.970. The molecule has 0 bridgehead atoms. The summed E-state index contributed by atoms with van der Waals surface area (Å²) in [7, 11) is 1.97. The standard InChI is InChI=1S/C16H22ClN3S/c1-11(2)20-16(14(17)9-19-20)15(18-4)10-21-13-7-5-12(3)6-8-13/h5-9,11,15,18H,10H2,1-4H3. The van der Waals surface area contributed by atoms with Crippen LogP contribution in [0.1, 0.15) is 37.2 Å². The Kier molecular flexibility index (Phi) is 5.73. The lowest BCUT2D eigenvalue weighted by molar-refractivity contribution is 0.477. The lowest BCUT2D eigenvalue weighted by Gasteiger charge is -2.20. The molecule has 5 heteroatoms. The third-order valence-corrected chi connectivity index (χ3v) is 4.79. The molecule has 1 aromatic carbocycles. The van der Waals surface area contributed by atoms with Gasteiger partial charge in [-0.2, -0.15) is 5.10 Å². The molecule has 1 N–H and O–H groups in total. The van der Waals surface area contributed by atoms with Crippen molar-refractivity contribution in [3.8, 4) is 0 Å². The van der Waals surface area contributed by atoms with Gasteiger partial charge in [-0.1, -0.05) is 29.3 Å². The minimum atomic E-state index is 0.175. The zero-order chi connectivity index (χ0) is 15.4. The molecule has 0 aliphatic rings. The molecule has 0 amide bonds. The highest BCUT2D eigenvalue weighted by Gasteiger charge is 2.20. The second-order valence-corrected chi connectivity index (χ2v) is 6.88. The van der Waals surface area contributed by atoms with E-state index in [4.69, 9.17) is 11.6 Å². The summed E-state index contributed by atoms with van der Waals surface area (Å²) < 4.78 is 2.00. The molecule has 0 saturated heterocycles. The summed E-state index contributed by atoms with van der Waals surface area (Å²) in [6.07, 6.45) is 1.73. The first-order valence-corrected chi connectivity index (χ1v) is 8.49. The number of benzene rings is 1. The van der Waals surface area contributed by atoms with Crippen LogP contribution in [0, 0.1) is 6.92 Å². The Morgan fingerprint density at radius 3 is 2.52 bits per heavy atom. The third-order valence-electron chi connectivity index (χ3n) is 3.39. The minimum absolute atomic E-state index is 0.175. The minimum Gasteiger partial charge on any atom is -0.311 e. The zero-order valence-electron chi connectivity index (χ0n) is 12.9. The van der Waals surface area contributed by atoms with E-state index in [9.17, 15) is 0 Å². The van der Waals surface area contributed by atoms with Gasteiger partial charge in [0.1, 0.15) is 0 Å². The van der Waals surface area contributed by atoms with Crippen molar-refractivity contribution in [3.63, 3.8) is 0 Å². The number of aryl methyl sites for hydroxylation is 1. The highest BCUT2D eigenvalue weighted by molar-refractivity contribution is 7.99. The van der Waals surface area contributed by atoms with Gasteiger partial charge in [0.15, 0.2) is 0 Å². The molecule has 0 fully saturated rings. The van der Waals surface area contributed by atoms with E-state index >= 15 is 0 Å². The summed E-state index contributed by atoms with van der Waals surface area (Å²) in [4.78, 5) is 1.27. The first-order chi connectivity index (χ1) is 10.0. The number of nitrogens with one attached hydrogen (secondary N) is 1. The van der Waals surface area contributed by atoms with Crippen molar-refractivity contribution in [2.24, 2.45) is 0 Å². The molecule has 2 aromatic rings. The summed E-state index contributed by atoms with van der Waals surface area (Å²) in [5, 5.41) is 8.47. The van der Waals surface area contributed by atoms with Crippen LogP contribution >= 0.6 is 23.4 Å². The Morgan fingerprint density at radius 1 is 1.29 bits per heavy atom. The fraction of sp³-hybridized carbons (Fsp3) is 0.438. The average Bonchev–Trinajstić information content (AvgIpc) is 2.84. The molecule has 0 aliphatic heterocycles. The summed E-state index contributed by atoms with van der Waals surface area (Å²) >= 11 is 8.16. The maximum absolute atomic E-state index is 6.33. The van der Waals surface area contributed by atoms with E-state index in [-0.39, 0.29) is 6.04 Å². The largest absolute Gasteiger partial charge is 0.311 e. The van der Waals surface area contributed by atoms with E-state index in [1.807, 2.05) is 23.5 Å². The molecule has 1 unspecified atom stereocenters. The number of hydrogen-bond donors (Lipinski definition) is 1. The smallest absolute Gasteiger partial charge is 0.0834 e. The Morgan fingerprint density at radius 2 is 1.95 bits per heavy atom. The summed E-state index contributed by atoms with van der Waals surface area (Å²) in [5.74, 6) is 0.914. The SMILES string of the molecule is CNC(CSc1ccc(C)cc1)c1c(Cl)cnn1C(C)C. The van der Waals surface area contributed by atoms with E-state index in [1.54, 1.807) is 6.20 Å². The number of rotatable bonds is 6. The number of halogens is 1. The average molecular weight is 324 g/mol. The number of aromatic nitrogens is 2. The van der Waals surface area contributed by atoms with Crippen LogP contribution in [0.3, 0.4) is 0 Å². The van der Waals surface area contributed by atoms with Crippen molar-refractivity contribution in [2.75, 3.05) is 12.8 Å². The van der Waals surface area contributed by atoms with Gasteiger partial charge in [0.2, 0.25) is 0 Å². The first-order valence-electron chi connectivity index (χ1n) is 7.12. The highest BCUT2D eigenvalue weighted by atomic mass is 35.5. The van der Waals surface area contributed by atoms with Gasteiger partial charge in [-0.05, 0) is 40.0 Å². The van der Waals surface area contributed by atoms with Gasteiger partial charge < -0.3 is 5.32 Å². The lowest BCUT2D eigenvalue weighted by Crippen LogP contribution is -2.23. The monoisotopic (exact) mass is 323 g/mol. The maximum Gasteiger partial charge on any atom is 0.0834 e. The first kappa shape index (κ1) is 16.4. The van der Waals surface area contributed by atoms with Gasteiger partial charge in [0, 0.05) is 16.7 Å². The normalized spacial score (nSPS) is 12.9. The summed E-state index contributed by atoms with van der Waals surface area (Å²) in [6, 6.07) is 9.08. The second kappa shape index (κ2) is 7.34. The third kappa shape index (κ3) is 4.02. The molecule has 0 radical (unpaired) electrons. The molecule has 0 spiro atoms. The molecule has 1 aromatic heterocycles. The van der Waals surface area contributed by atoms with E-state index in [0.717, 1.165) is 16.5 Å². The van der Waals surface area contributed by atoms with Crippen LogP contribution in [-0.4, -0.2) is 22.6 Å². The molecule has 3 nitrogen and oxygen atoms in total. The fourth-order valence-electron chi connectivity index (χ4n) is 2.20. The van der Waals surface area contributed by atoms with Crippen molar-refractivity contribution < 1.29 is 0 Å². The van der Waals surface area contributed by atoms with Crippen molar-refractivity contribution in [1.29, 1.82) is 0 Å². The molecular weight excluding hydrogens is 302 g/mol. The van der Waals surface area contributed by atoms with Crippen molar-refractivity contribution >= 4 is 23.4 Å². The molecule has 2 rings (SSSR count). The van der Waals surface area contributed by atoms with Crippen molar-refractivity contribution in [1.82, 2.24) is 15.1 Å². The molecule has 114 valence electrons. The van der Waals surface area contributed by atoms with Crippen LogP contribution < -0.4 is 5.32 Å². The van der Waals surface area contributed by atoms with Crippen LogP contribution in [0.2, 0.25) is 5.02 Å². The van der Waals surface area contributed by atoms with Crippen LogP contribution in [0.5, 0.6) is 0 Å². The molecule has 21 heavy (non-hydrogen) atoms. The lowest BCUT2D eigenvalue weighted by atomic mass is 10.2. The topological polar surface area (TPSA) is 29.9 Å². The zero-order valence-corrected chi connectivity index (χ0v) is 14.5. The van der Waals surface area contributed by atoms with Gasteiger partial charge in [0.25, 0.3) is 0 Å². The molecule has 0 saturated carbocycles. The molecule has 1 heterocycles. The van der Waals surface area contributed by atoms with Crippen molar-refractivity contribution in [3.05, 3.63) is 46.7 Å². The van der Waals surface area contributed by atoms with Gasteiger partial charge in [-0.25, -0.2) is 0 Å². The van der Waals surface area contributed by atoms with Gasteiger partial charge in [-0.3, -0.25) is 4.68 Å². The van der Waals surface area contributed by atoms with E-state index in [1.165, 1.54) is 10.5 Å². The number of thioether (sulfide) groups is 1. The Labute approximate surface area is 136 Å². The highest BCUT2D eigenvalue weighted by Crippen LogP contribution is 2.30. The van der Waals surface area contributed by atoms with Crippen LogP contribution in [-0.2, 0) is 0 Å². The predicted molar refractivity (Wildman–Crippen MR) is 91.3 cm³/mol. The van der Waals surface area contributed by atoms with Crippen LogP contribution in [0.25, 0.3) is 0 Å². The van der Waals surface area contributed by atoms with E-state index in [0.29, 0.717) is 6.04 Å². The number of hydrogen-bond acceptors (Lipinski definition) is 3. The molecule has 0 aliphatic carbocycles. The van der Waals surface area contributed by atoms with Crippen molar-refractivity contribution in [2.45, 2.75) is 37.8 Å². The Bertz CT molecular complexity index is 578. The van der Waals surface area contributed by atoms with Gasteiger partial charge in [-0.15, -0.1) is 11.8 Å². The fourth-order valence-corrected chi connectivity index (χ4v) is 3.48. The molecular formula is C16H22ClN3S. The predicted octanol–water partition coefficient (Wildman–Crippen LogP) is 4.48. The quantitative estimate of drug-likeness (QED) is 0.795.